The molecule has 1 aromatic rings. The zero-order valence-electron chi connectivity index (χ0n) is 10.2. The molecule has 1 aromatic heterocycles. The summed E-state index contributed by atoms with van der Waals surface area (Å²) in [7, 11) is 2.13. The summed E-state index contributed by atoms with van der Waals surface area (Å²) in [6, 6.07) is 0. The summed E-state index contributed by atoms with van der Waals surface area (Å²) in [6.07, 6.45) is 3.07. The number of likely N-dealkylation sites (N-methyl/N-ethyl adjacent to an activating group) is 1. The molecule has 2 heterocycles. The Morgan fingerprint density at radius 2 is 1.94 bits per heavy atom. The number of anilines is 1. The molecule has 0 unspecified atom stereocenters. The highest BCUT2D eigenvalue weighted by atomic mass is 16.5. The van der Waals surface area contributed by atoms with Crippen molar-refractivity contribution in [2.24, 2.45) is 5.73 Å². The van der Waals surface area contributed by atoms with Crippen molar-refractivity contribution < 1.29 is 4.52 Å². The van der Waals surface area contributed by atoms with E-state index in [1.54, 1.807) is 0 Å². The molecule has 2 aliphatic rings. The van der Waals surface area contributed by atoms with Crippen LogP contribution in [0.4, 0.5) is 5.95 Å². The number of aromatic nitrogens is 2. The van der Waals surface area contributed by atoms with Crippen LogP contribution in [-0.4, -0.2) is 48.3 Å². The van der Waals surface area contributed by atoms with Gasteiger partial charge in [-0.1, -0.05) is 0 Å². The molecule has 0 atom stereocenters. The van der Waals surface area contributed by atoms with Gasteiger partial charge in [0, 0.05) is 26.2 Å². The second kappa shape index (κ2) is 3.96. The maximum Gasteiger partial charge on any atom is 0.266 e. The molecule has 6 heteroatoms. The first kappa shape index (κ1) is 11.0. The smallest absolute Gasteiger partial charge is 0.266 e. The normalized spacial score (nSPS) is 24.7. The fourth-order valence-electron chi connectivity index (χ4n) is 2.32. The van der Waals surface area contributed by atoms with Crippen LogP contribution < -0.4 is 10.6 Å². The van der Waals surface area contributed by atoms with E-state index in [0.717, 1.165) is 45.4 Å². The highest BCUT2D eigenvalue weighted by Gasteiger charge is 2.40. The third-order valence-electron chi connectivity index (χ3n) is 3.87. The molecule has 0 aromatic carbocycles. The average molecular weight is 237 g/mol. The Hall–Kier alpha value is -1.14. The predicted octanol–water partition coefficient (Wildman–Crippen LogP) is 0.159. The van der Waals surface area contributed by atoms with Gasteiger partial charge in [-0.05, 0) is 31.5 Å². The fourth-order valence-corrected chi connectivity index (χ4v) is 2.32. The third kappa shape index (κ3) is 1.91. The highest BCUT2D eigenvalue weighted by Crippen LogP contribution is 2.38. The van der Waals surface area contributed by atoms with Crippen molar-refractivity contribution in [1.82, 2.24) is 15.0 Å². The van der Waals surface area contributed by atoms with E-state index in [9.17, 15) is 0 Å². The van der Waals surface area contributed by atoms with Crippen LogP contribution >= 0.6 is 0 Å². The van der Waals surface area contributed by atoms with Gasteiger partial charge in [-0.15, -0.1) is 0 Å². The maximum absolute atomic E-state index is 6.17. The molecule has 1 saturated carbocycles. The summed E-state index contributed by atoms with van der Waals surface area (Å²) in [5, 5.41) is 4.05. The van der Waals surface area contributed by atoms with Gasteiger partial charge < -0.3 is 20.1 Å². The molecule has 1 aliphatic heterocycles. The van der Waals surface area contributed by atoms with Crippen LogP contribution in [0.2, 0.25) is 0 Å². The molecule has 1 aliphatic carbocycles. The summed E-state index contributed by atoms with van der Waals surface area (Å²) in [4.78, 5) is 8.92. The second-order valence-corrected chi connectivity index (χ2v) is 5.20. The van der Waals surface area contributed by atoms with E-state index >= 15 is 0 Å². The Bertz CT molecular complexity index is 392. The number of hydrogen-bond acceptors (Lipinski definition) is 6. The summed E-state index contributed by atoms with van der Waals surface area (Å²) in [5.74, 6) is 1.31. The Balaban J connectivity index is 1.72. The van der Waals surface area contributed by atoms with Crippen LogP contribution in [0.3, 0.4) is 0 Å². The van der Waals surface area contributed by atoms with Crippen molar-refractivity contribution in [3.05, 3.63) is 5.89 Å². The van der Waals surface area contributed by atoms with Gasteiger partial charge in [0.1, 0.15) is 0 Å². The largest absolute Gasteiger partial charge is 0.336 e. The predicted molar refractivity (Wildman–Crippen MR) is 63.7 cm³/mol. The van der Waals surface area contributed by atoms with E-state index in [1.165, 1.54) is 0 Å². The van der Waals surface area contributed by atoms with E-state index in [1.807, 2.05) is 0 Å². The van der Waals surface area contributed by atoms with E-state index < -0.39 is 0 Å². The molecule has 6 nitrogen and oxygen atoms in total. The lowest BCUT2D eigenvalue weighted by molar-refractivity contribution is 0.181. The molecular weight excluding hydrogens is 218 g/mol. The zero-order chi connectivity index (χ0) is 11.9. The number of nitrogens with zero attached hydrogens (tertiary/aromatic N) is 4. The molecule has 17 heavy (non-hydrogen) atoms. The SMILES string of the molecule is CN1CCN(c2noc(C3(N)CCC3)n2)CC1. The first-order valence-electron chi connectivity index (χ1n) is 6.24. The van der Waals surface area contributed by atoms with E-state index in [4.69, 9.17) is 10.3 Å². The molecular formula is C11H19N5O. The van der Waals surface area contributed by atoms with Gasteiger partial charge >= 0.3 is 0 Å². The minimum absolute atomic E-state index is 0.349. The number of nitrogens with two attached hydrogens (primary N) is 1. The minimum atomic E-state index is -0.349. The standard InChI is InChI=1S/C11H19N5O/c1-15-5-7-16(8-6-15)10-13-9(17-14-10)11(12)3-2-4-11/h2-8,12H2,1H3. The van der Waals surface area contributed by atoms with Crippen LogP contribution in [0.1, 0.15) is 25.2 Å². The van der Waals surface area contributed by atoms with Crippen LogP contribution in [0.25, 0.3) is 0 Å². The first-order chi connectivity index (χ1) is 8.17. The molecule has 2 N–H and O–H groups in total. The molecule has 2 fully saturated rings. The monoisotopic (exact) mass is 237 g/mol. The summed E-state index contributed by atoms with van der Waals surface area (Å²) < 4.78 is 5.31. The number of hydrogen-bond donors (Lipinski definition) is 1. The molecule has 1 saturated heterocycles. The van der Waals surface area contributed by atoms with E-state index in [2.05, 4.69) is 27.0 Å². The van der Waals surface area contributed by atoms with Crippen molar-refractivity contribution in [1.29, 1.82) is 0 Å². The Morgan fingerprint density at radius 1 is 1.24 bits per heavy atom. The van der Waals surface area contributed by atoms with Gasteiger partial charge in [-0.25, -0.2) is 0 Å². The van der Waals surface area contributed by atoms with Crippen LogP contribution in [0, 0.1) is 0 Å². The molecule has 3 rings (SSSR count). The molecule has 0 radical (unpaired) electrons. The van der Waals surface area contributed by atoms with Crippen molar-refractivity contribution in [2.45, 2.75) is 24.8 Å². The maximum atomic E-state index is 6.17. The van der Waals surface area contributed by atoms with Crippen LogP contribution in [0.5, 0.6) is 0 Å². The van der Waals surface area contributed by atoms with Crippen molar-refractivity contribution >= 4 is 5.95 Å². The first-order valence-corrected chi connectivity index (χ1v) is 6.24. The Morgan fingerprint density at radius 3 is 2.53 bits per heavy atom. The minimum Gasteiger partial charge on any atom is -0.336 e. The third-order valence-corrected chi connectivity index (χ3v) is 3.87. The number of piperazine rings is 1. The van der Waals surface area contributed by atoms with Crippen LogP contribution in [-0.2, 0) is 5.54 Å². The van der Waals surface area contributed by atoms with Gasteiger partial charge in [0.2, 0.25) is 5.89 Å². The van der Waals surface area contributed by atoms with E-state index in [0.29, 0.717) is 11.8 Å². The quantitative estimate of drug-likeness (QED) is 0.790. The summed E-state index contributed by atoms with van der Waals surface area (Å²) in [5.41, 5.74) is 5.82. The van der Waals surface area contributed by atoms with Gasteiger partial charge in [-0.3, -0.25) is 0 Å². The molecule has 0 bridgehead atoms. The van der Waals surface area contributed by atoms with Gasteiger partial charge in [-0.2, -0.15) is 4.98 Å². The molecule has 0 amide bonds. The zero-order valence-corrected chi connectivity index (χ0v) is 10.2. The topological polar surface area (TPSA) is 71.4 Å². The highest BCUT2D eigenvalue weighted by molar-refractivity contribution is 5.30. The van der Waals surface area contributed by atoms with Crippen molar-refractivity contribution in [3.63, 3.8) is 0 Å². The van der Waals surface area contributed by atoms with Crippen molar-refractivity contribution in [2.75, 3.05) is 38.1 Å². The Kier molecular flexibility index (Phi) is 2.56. The van der Waals surface area contributed by atoms with Crippen molar-refractivity contribution in [3.8, 4) is 0 Å². The van der Waals surface area contributed by atoms with Gasteiger partial charge in [0.15, 0.2) is 0 Å². The molecule has 94 valence electrons. The number of rotatable bonds is 2. The van der Waals surface area contributed by atoms with Gasteiger partial charge in [0.05, 0.1) is 5.54 Å². The summed E-state index contributed by atoms with van der Waals surface area (Å²) in [6.45, 7) is 3.98. The van der Waals surface area contributed by atoms with Gasteiger partial charge in [0.25, 0.3) is 5.95 Å². The molecule has 0 spiro atoms. The van der Waals surface area contributed by atoms with E-state index in [-0.39, 0.29) is 5.54 Å². The van der Waals surface area contributed by atoms with Crippen LogP contribution in [0.15, 0.2) is 4.52 Å². The second-order valence-electron chi connectivity index (χ2n) is 5.20. The lowest BCUT2D eigenvalue weighted by Gasteiger charge is -2.34. The Labute approximate surface area is 101 Å². The average Bonchev–Trinajstić information content (AvgIpc) is 2.76. The lowest BCUT2D eigenvalue weighted by Crippen LogP contribution is -2.45. The summed E-state index contributed by atoms with van der Waals surface area (Å²) >= 11 is 0. The fraction of sp³-hybridized carbons (Fsp3) is 0.818. The lowest BCUT2D eigenvalue weighted by atomic mass is 9.78.